The number of esters is 1. The van der Waals surface area contributed by atoms with Crippen LogP contribution in [-0.4, -0.2) is 31.9 Å². The summed E-state index contributed by atoms with van der Waals surface area (Å²) in [7, 11) is 1.45. The van der Waals surface area contributed by atoms with E-state index in [-0.39, 0.29) is 17.0 Å². The van der Waals surface area contributed by atoms with Gasteiger partial charge in [-0.1, -0.05) is 28.1 Å². The van der Waals surface area contributed by atoms with Crippen LogP contribution in [0.3, 0.4) is 0 Å². The van der Waals surface area contributed by atoms with Crippen molar-refractivity contribution < 1.29 is 19.0 Å². The van der Waals surface area contributed by atoms with E-state index < -0.39 is 0 Å². The van der Waals surface area contributed by atoms with E-state index >= 15 is 0 Å². The molecule has 0 spiro atoms. The summed E-state index contributed by atoms with van der Waals surface area (Å²) in [6.07, 6.45) is 2.37. The van der Waals surface area contributed by atoms with Crippen molar-refractivity contribution in [1.29, 1.82) is 0 Å². The van der Waals surface area contributed by atoms with Gasteiger partial charge in [0.1, 0.15) is 12.4 Å². The molecule has 0 radical (unpaired) electrons. The van der Waals surface area contributed by atoms with Crippen molar-refractivity contribution >= 4 is 32.7 Å². The summed E-state index contributed by atoms with van der Waals surface area (Å²) in [5, 5.41) is 2.33. The van der Waals surface area contributed by atoms with Gasteiger partial charge in [0, 0.05) is 4.47 Å². The molecule has 0 atom stereocenters. The van der Waals surface area contributed by atoms with Gasteiger partial charge < -0.3 is 14.2 Å². The Balaban J connectivity index is 1.26. The Morgan fingerprint density at radius 2 is 1.79 bits per heavy atom. The van der Waals surface area contributed by atoms with Gasteiger partial charge in [0.25, 0.3) is 0 Å². The van der Waals surface area contributed by atoms with Crippen LogP contribution in [-0.2, 0) is 14.3 Å². The number of hydrogen-bond donors (Lipinski definition) is 0. The minimum absolute atomic E-state index is 0.0907. The van der Waals surface area contributed by atoms with Gasteiger partial charge in [0.15, 0.2) is 0 Å². The molecule has 24 heavy (non-hydrogen) atoms. The maximum absolute atomic E-state index is 11.6. The standard InChI is InChI=1S/C19H19BrO4/c1-22-17(21)18-10-19(11-18,12-18)24-7-6-23-16-5-3-13-8-15(20)4-2-14(13)9-16/h2-5,8-9H,6-7,10-12H2,1H3. The third-order valence-corrected chi connectivity index (χ3v) is 5.63. The van der Waals surface area contributed by atoms with Crippen LogP contribution in [0.5, 0.6) is 5.75 Å². The second-order valence-electron chi connectivity index (χ2n) is 6.84. The molecule has 0 aromatic heterocycles. The summed E-state index contributed by atoms with van der Waals surface area (Å²) in [5.41, 5.74) is -0.352. The van der Waals surface area contributed by atoms with Crippen LogP contribution in [0.2, 0.25) is 0 Å². The third kappa shape index (κ3) is 2.60. The number of hydrogen-bond acceptors (Lipinski definition) is 4. The molecular formula is C19H19BrO4. The van der Waals surface area contributed by atoms with Crippen molar-refractivity contribution in [1.82, 2.24) is 0 Å². The van der Waals surface area contributed by atoms with Crippen molar-refractivity contribution in [2.45, 2.75) is 24.9 Å². The fourth-order valence-electron chi connectivity index (χ4n) is 3.98. The maximum atomic E-state index is 11.6. The predicted molar refractivity (Wildman–Crippen MR) is 94.1 cm³/mol. The summed E-state index contributed by atoms with van der Waals surface area (Å²) in [5.74, 6) is 0.754. The zero-order valence-electron chi connectivity index (χ0n) is 13.5. The van der Waals surface area contributed by atoms with Crippen LogP contribution in [0.25, 0.3) is 10.8 Å². The van der Waals surface area contributed by atoms with Crippen molar-refractivity contribution in [2.75, 3.05) is 20.3 Å². The van der Waals surface area contributed by atoms with Crippen LogP contribution < -0.4 is 4.74 Å². The van der Waals surface area contributed by atoms with Crippen LogP contribution in [0.15, 0.2) is 40.9 Å². The summed E-state index contributed by atoms with van der Waals surface area (Å²) >= 11 is 3.48. The average Bonchev–Trinajstić information content (AvgIpc) is 2.51. The van der Waals surface area contributed by atoms with Crippen LogP contribution in [0.1, 0.15) is 19.3 Å². The molecule has 2 aromatic carbocycles. The first-order chi connectivity index (χ1) is 11.5. The lowest BCUT2D eigenvalue weighted by molar-refractivity contribution is -0.284. The maximum Gasteiger partial charge on any atom is 0.312 e. The molecule has 0 saturated heterocycles. The first-order valence-electron chi connectivity index (χ1n) is 8.09. The molecule has 2 aromatic rings. The van der Waals surface area contributed by atoms with Gasteiger partial charge in [-0.3, -0.25) is 4.79 Å². The molecule has 3 aliphatic carbocycles. The summed E-state index contributed by atoms with van der Waals surface area (Å²) in [4.78, 5) is 11.6. The van der Waals surface area contributed by atoms with Gasteiger partial charge >= 0.3 is 5.97 Å². The molecule has 4 nitrogen and oxygen atoms in total. The summed E-state index contributed by atoms with van der Waals surface area (Å²) in [6.45, 7) is 1.05. The molecule has 0 amide bonds. The van der Waals surface area contributed by atoms with Crippen LogP contribution >= 0.6 is 15.9 Å². The van der Waals surface area contributed by atoms with Crippen molar-refractivity contribution in [3.05, 3.63) is 40.9 Å². The summed E-state index contributed by atoms with van der Waals surface area (Å²) in [6, 6.07) is 12.2. The van der Waals surface area contributed by atoms with Crippen molar-refractivity contribution in [2.24, 2.45) is 5.41 Å². The molecule has 0 unspecified atom stereocenters. The quantitative estimate of drug-likeness (QED) is 0.550. The molecule has 126 valence electrons. The fraction of sp³-hybridized carbons (Fsp3) is 0.421. The lowest BCUT2D eigenvalue weighted by atomic mass is 9.41. The van der Waals surface area contributed by atoms with Crippen LogP contribution in [0, 0.1) is 5.41 Å². The molecule has 5 rings (SSSR count). The van der Waals surface area contributed by atoms with Crippen LogP contribution in [0.4, 0.5) is 0 Å². The molecular weight excluding hydrogens is 372 g/mol. The van der Waals surface area contributed by atoms with Gasteiger partial charge in [0.2, 0.25) is 0 Å². The first-order valence-corrected chi connectivity index (χ1v) is 8.88. The number of halogens is 1. The monoisotopic (exact) mass is 390 g/mol. The van der Waals surface area contributed by atoms with Gasteiger partial charge in [-0.2, -0.15) is 0 Å². The Hall–Kier alpha value is -1.59. The molecule has 3 saturated carbocycles. The minimum Gasteiger partial charge on any atom is -0.491 e. The molecule has 5 heteroatoms. The highest BCUT2D eigenvalue weighted by atomic mass is 79.9. The number of fused-ring (bicyclic) bond motifs is 1. The number of carbonyl (C=O) groups excluding carboxylic acids is 1. The van der Waals surface area contributed by atoms with Gasteiger partial charge in [0.05, 0.1) is 24.7 Å². The lowest BCUT2D eigenvalue weighted by Gasteiger charge is -2.67. The predicted octanol–water partition coefficient (Wildman–Crippen LogP) is 4.09. The van der Waals surface area contributed by atoms with Gasteiger partial charge in [-0.15, -0.1) is 0 Å². The van der Waals surface area contributed by atoms with E-state index in [1.807, 2.05) is 18.2 Å². The number of rotatable bonds is 6. The van der Waals surface area contributed by atoms with E-state index in [0.29, 0.717) is 13.2 Å². The Morgan fingerprint density at radius 1 is 1.08 bits per heavy atom. The normalized spacial score (nSPS) is 27.2. The molecule has 2 bridgehead atoms. The van der Waals surface area contributed by atoms with Crippen molar-refractivity contribution in [3.8, 4) is 5.75 Å². The largest absolute Gasteiger partial charge is 0.491 e. The van der Waals surface area contributed by atoms with E-state index in [4.69, 9.17) is 14.2 Å². The highest BCUT2D eigenvalue weighted by Crippen LogP contribution is 2.69. The fourth-order valence-corrected chi connectivity index (χ4v) is 4.36. The highest BCUT2D eigenvalue weighted by Gasteiger charge is 2.73. The Morgan fingerprint density at radius 3 is 2.54 bits per heavy atom. The Kier molecular flexibility index (Phi) is 3.81. The molecule has 3 aliphatic rings. The van der Waals surface area contributed by atoms with E-state index in [1.54, 1.807) is 0 Å². The average molecular weight is 391 g/mol. The number of carbonyl (C=O) groups is 1. The molecule has 0 aliphatic heterocycles. The van der Waals surface area contributed by atoms with E-state index in [9.17, 15) is 4.79 Å². The Labute approximate surface area is 149 Å². The second kappa shape index (κ2) is 5.74. The zero-order valence-corrected chi connectivity index (χ0v) is 15.1. The smallest absolute Gasteiger partial charge is 0.312 e. The van der Waals surface area contributed by atoms with E-state index in [0.717, 1.165) is 34.9 Å². The highest BCUT2D eigenvalue weighted by molar-refractivity contribution is 9.10. The Bertz CT molecular complexity index is 781. The third-order valence-electron chi connectivity index (χ3n) is 5.13. The van der Waals surface area contributed by atoms with Gasteiger partial charge in [-0.25, -0.2) is 0 Å². The van der Waals surface area contributed by atoms with Gasteiger partial charge in [-0.05, 0) is 54.3 Å². The molecule has 0 heterocycles. The minimum atomic E-state index is -0.248. The molecule has 0 N–H and O–H groups in total. The van der Waals surface area contributed by atoms with E-state index in [2.05, 4.69) is 34.1 Å². The van der Waals surface area contributed by atoms with Crippen molar-refractivity contribution in [3.63, 3.8) is 0 Å². The SMILES string of the molecule is COC(=O)C12CC(OCCOc3ccc4cc(Br)ccc4c3)(C1)C2. The zero-order chi connectivity index (χ0) is 16.8. The number of ether oxygens (including phenoxy) is 3. The molecule has 3 fully saturated rings. The topological polar surface area (TPSA) is 44.8 Å². The lowest BCUT2D eigenvalue weighted by Crippen LogP contribution is -2.71. The number of benzene rings is 2. The first kappa shape index (κ1) is 15.9. The number of methoxy groups -OCH3 is 1. The van der Waals surface area contributed by atoms with E-state index in [1.165, 1.54) is 12.5 Å². The second-order valence-corrected chi connectivity index (χ2v) is 7.75. The summed E-state index contributed by atoms with van der Waals surface area (Å²) < 4.78 is 17.6.